The second-order valence-corrected chi connectivity index (χ2v) is 8.70. The van der Waals surface area contributed by atoms with Crippen LogP contribution in [-0.4, -0.2) is 35.1 Å². The number of hydrogen-bond donors (Lipinski definition) is 0. The first-order valence-corrected chi connectivity index (χ1v) is 11.4. The second-order valence-electron chi connectivity index (χ2n) is 7.81. The monoisotopic (exact) mass is 446 g/mol. The molecular weight excluding hydrogens is 424 g/mol. The molecule has 32 heavy (non-hydrogen) atoms. The van der Waals surface area contributed by atoms with Crippen LogP contribution in [0.3, 0.4) is 0 Å². The van der Waals surface area contributed by atoms with Crippen LogP contribution in [0.25, 0.3) is 22.0 Å². The zero-order valence-electron chi connectivity index (χ0n) is 17.6. The number of non-ortho nitro benzene ring substituents is 1. The lowest BCUT2D eigenvalue weighted by molar-refractivity contribution is -0.383. The first-order chi connectivity index (χ1) is 15.7. The molecule has 162 valence electrons. The van der Waals surface area contributed by atoms with E-state index in [0.717, 1.165) is 59.0 Å². The number of nitro benzene ring substituents is 1. The van der Waals surface area contributed by atoms with Crippen molar-refractivity contribution in [3.63, 3.8) is 0 Å². The van der Waals surface area contributed by atoms with Gasteiger partial charge in [0.2, 0.25) is 0 Å². The van der Waals surface area contributed by atoms with Crippen LogP contribution < -0.4 is 9.64 Å². The molecule has 0 bridgehead atoms. The maximum atomic E-state index is 11.4. The molecule has 0 atom stereocenters. The molecule has 3 heterocycles. The average Bonchev–Trinajstić information content (AvgIpc) is 3.33. The van der Waals surface area contributed by atoms with Crippen LogP contribution in [0.4, 0.5) is 11.4 Å². The molecule has 8 heteroatoms. The maximum Gasteiger partial charge on any atom is 0.278 e. The molecule has 7 nitrogen and oxygen atoms in total. The van der Waals surface area contributed by atoms with Crippen molar-refractivity contribution in [3.05, 3.63) is 75.4 Å². The normalized spacial score (nSPS) is 14.6. The van der Waals surface area contributed by atoms with E-state index in [1.165, 1.54) is 0 Å². The number of anilines is 1. The molecule has 5 rings (SSSR count). The fourth-order valence-electron chi connectivity index (χ4n) is 4.42. The largest absolute Gasteiger partial charge is 0.496 e. The summed E-state index contributed by atoms with van der Waals surface area (Å²) in [6, 6.07) is 13.3. The van der Waals surface area contributed by atoms with Crippen molar-refractivity contribution in [1.82, 2.24) is 9.97 Å². The van der Waals surface area contributed by atoms with Gasteiger partial charge in [0.05, 0.1) is 28.1 Å². The van der Waals surface area contributed by atoms with Crippen molar-refractivity contribution in [2.24, 2.45) is 0 Å². The standard InChI is InChI=1S/C24H22N4O3S/c1-31-23-5-3-2-4-18(23)20-15-32-24(26-20)16-9-12-27(13-10-16)21-6-7-22(28(29)30)19-14-25-11-8-17(19)21/h2-8,11,14-16H,9-10,12-13H2,1H3. The molecule has 0 aliphatic carbocycles. The molecule has 1 fully saturated rings. The third-order valence-corrected chi connectivity index (χ3v) is 7.07. The highest BCUT2D eigenvalue weighted by Gasteiger charge is 2.26. The van der Waals surface area contributed by atoms with Crippen LogP contribution in [-0.2, 0) is 0 Å². The minimum Gasteiger partial charge on any atom is -0.496 e. The highest BCUT2D eigenvalue weighted by molar-refractivity contribution is 7.10. The van der Waals surface area contributed by atoms with E-state index in [4.69, 9.17) is 9.72 Å². The summed E-state index contributed by atoms with van der Waals surface area (Å²) in [5.74, 6) is 1.24. The lowest BCUT2D eigenvalue weighted by atomic mass is 9.96. The van der Waals surface area contributed by atoms with Crippen LogP contribution in [0.1, 0.15) is 23.8 Å². The van der Waals surface area contributed by atoms with Gasteiger partial charge in [-0.05, 0) is 37.1 Å². The van der Waals surface area contributed by atoms with Crippen LogP contribution in [0.15, 0.2) is 60.2 Å². The smallest absolute Gasteiger partial charge is 0.278 e. The van der Waals surface area contributed by atoms with Crippen molar-refractivity contribution in [1.29, 1.82) is 0 Å². The third kappa shape index (κ3) is 3.67. The van der Waals surface area contributed by atoms with Gasteiger partial charge in [-0.15, -0.1) is 11.3 Å². The number of fused-ring (bicyclic) bond motifs is 1. The Bertz CT molecular complexity index is 1280. The van der Waals surface area contributed by atoms with E-state index in [1.54, 1.807) is 36.9 Å². The summed E-state index contributed by atoms with van der Waals surface area (Å²) in [4.78, 5) is 22.4. The highest BCUT2D eigenvalue weighted by atomic mass is 32.1. The van der Waals surface area contributed by atoms with E-state index in [-0.39, 0.29) is 10.6 Å². The Kier molecular flexibility index (Phi) is 5.45. The molecule has 1 aliphatic heterocycles. The maximum absolute atomic E-state index is 11.4. The van der Waals surface area contributed by atoms with E-state index < -0.39 is 0 Å². The molecule has 1 saturated heterocycles. The van der Waals surface area contributed by atoms with Gasteiger partial charge in [0.1, 0.15) is 5.75 Å². The summed E-state index contributed by atoms with van der Waals surface area (Å²) in [5, 5.41) is 16.1. The van der Waals surface area contributed by atoms with E-state index in [0.29, 0.717) is 11.3 Å². The van der Waals surface area contributed by atoms with Crippen LogP contribution in [0, 0.1) is 10.1 Å². The number of nitrogens with zero attached hydrogens (tertiary/aromatic N) is 4. The third-order valence-electron chi connectivity index (χ3n) is 6.06. The van der Waals surface area contributed by atoms with Crippen LogP contribution in [0.2, 0.25) is 0 Å². The summed E-state index contributed by atoms with van der Waals surface area (Å²) in [5.41, 5.74) is 3.10. The van der Waals surface area contributed by atoms with Gasteiger partial charge >= 0.3 is 0 Å². The van der Waals surface area contributed by atoms with Crippen molar-refractivity contribution in [2.75, 3.05) is 25.1 Å². The first-order valence-electron chi connectivity index (χ1n) is 10.5. The summed E-state index contributed by atoms with van der Waals surface area (Å²) >= 11 is 1.71. The quantitative estimate of drug-likeness (QED) is 0.291. The molecule has 0 N–H and O–H groups in total. The fourth-order valence-corrected chi connectivity index (χ4v) is 5.41. The first kappa shape index (κ1) is 20.4. The fraction of sp³-hybridized carbons (Fsp3) is 0.250. The summed E-state index contributed by atoms with van der Waals surface area (Å²) in [6.07, 6.45) is 5.25. The number of pyridine rings is 1. The number of nitro groups is 1. The number of benzene rings is 2. The average molecular weight is 447 g/mol. The van der Waals surface area contributed by atoms with Gasteiger partial charge in [0, 0.05) is 59.5 Å². The number of hydrogen-bond acceptors (Lipinski definition) is 7. The predicted octanol–water partition coefficient (Wildman–Crippen LogP) is 5.66. The number of methoxy groups -OCH3 is 1. The Morgan fingerprint density at radius 3 is 2.72 bits per heavy atom. The highest BCUT2D eigenvalue weighted by Crippen LogP contribution is 2.39. The Balaban J connectivity index is 1.35. The number of para-hydroxylation sites is 1. The molecule has 4 aromatic rings. The second kappa shape index (κ2) is 8.55. The summed E-state index contributed by atoms with van der Waals surface area (Å²) in [6.45, 7) is 1.76. The van der Waals surface area contributed by atoms with Gasteiger partial charge in [0.15, 0.2) is 0 Å². The van der Waals surface area contributed by atoms with Crippen molar-refractivity contribution in [2.45, 2.75) is 18.8 Å². The Labute approximate surface area is 189 Å². The van der Waals surface area contributed by atoms with Gasteiger partial charge in [0.25, 0.3) is 5.69 Å². The van der Waals surface area contributed by atoms with E-state index in [1.807, 2.05) is 36.4 Å². The zero-order chi connectivity index (χ0) is 22.1. The molecule has 2 aromatic carbocycles. The zero-order valence-corrected chi connectivity index (χ0v) is 18.4. The van der Waals surface area contributed by atoms with Gasteiger partial charge in [-0.1, -0.05) is 12.1 Å². The van der Waals surface area contributed by atoms with E-state index in [2.05, 4.69) is 15.3 Å². The van der Waals surface area contributed by atoms with E-state index in [9.17, 15) is 10.1 Å². The van der Waals surface area contributed by atoms with Crippen LogP contribution in [0.5, 0.6) is 5.75 Å². The predicted molar refractivity (Wildman–Crippen MR) is 127 cm³/mol. The molecule has 0 unspecified atom stereocenters. The lowest BCUT2D eigenvalue weighted by Gasteiger charge is -2.33. The minimum atomic E-state index is -0.345. The number of piperidine rings is 1. The number of rotatable bonds is 5. The molecule has 0 amide bonds. The van der Waals surface area contributed by atoms with Crippen molar-refractivity contribution >= 4 is 33.5 Å². The number of thiazole rings is 1. The summed E-state index contributed by atoms with van der Waals surface area (Å²) < 4.78 is 5.49. The Morgan fingerprint density at radius 2 is 1.94 bits per heavy atom. The number of aromatic nitrogens is 2. The Morgan fingerprint density at radius 1 is 1.12 bits per heavy atom. The lowest BCUT2D eigenvalue weighted by Crippen LogP contribution is -2.33. The van der Waals surface area contributed by atoms with Crippen LogP contribution >= 0.6 is 11.3 Å². The molecule has 0 spiro atoms. The SMILES string of the molecule is COc1ccccc1-c1csc(C2CCN(c3ccc([N+](=O)[O-])c4cnccc34)CC2)n1. The van der Waals surface area contributed by atoms with Gasteiger partial charge < -0.3 is 9.64 Å². The van der Waals surface area contributed by atoms with Gasteiger partial charge in [-0.3, -0.25) is 15.1 Å². The topological polar surface area (TPSA) is 81.4 Å². The van der Waals surface area contributed by atoms with Crippen molar-refractivity contribution in [3.8, 4) is 17.0 Å². The van der Waals surface area contributed by atoms with Gasteiger partial charge in [-0.2, -0.15) is 0 Å². The molecular formula is C24H22N4O3S. The Hall–Kier alpha value is -3.52. The molecule has 1 aliphatic rings. The molecule has 2 aromatic heterocycles. The number of ether oxygens (including phenoxy) is 1. The van der Waals surface area contributed by atoms with Gasteiger partial charge in [-0.25, -0.2) is 4.98 Å². The summed E-state index contributed by atoms with van der Waals surface area (Å²) in [7, 11) is 1.68. The molecule has 0 radical (unpaired) electrons. The van der Waals surface area contributed by atoms with Crippen molar-refractivity contribution < 1.29 is 9.66 Å². The van der Waals surface area contributed by atoms with E-state index >= 15 is 0 Å². The minimum absolute atomic E-state index is 0.0957. The molecule has 0 saturated carbocycles.